The first-order chi connectivity index (χ1) is 56.4. The fourth-order valence-electron chi connectivity index (χ4n) is 6.90. The molecule has 0 aliphatic heterocycles. The summed E-state index contributed by atoms with van der Waals surface area (Å²) in [6.45, 7) is 0. The number of nitro benzene ring substituents is 8. The van der Waals surface area contributed by atoms with E-state index < -0.39 is 69.0 Å². The van der Waals surface area contributed by atoms with Gasteiger partial charge in [-0.1, -0.05) is 0 Å². The van der Waals surface area contributed by atoms with E-state index in [1.807, 2.05) is 0 Å². The molecule has 0 radical (unpaired) electrons. The van der Waals surface area contributed by atoms with Crippen LogP contribution in [0.3, 0.4) is 0 Å². The Labute approximate surface area is 665 Å². The van der Waals surface area contributed by atoms with Crippen LogP contribution in [0.5, 0.6) is 46.0 Å². The quantitative estimate of drug-likeness (QED) is 0.0300. The number of diazo groups is 8. The molecule has 0 amide bonds. The van der Waals surface area contributed by atoms with Gasteiger partial charge in [-0.25, -0.2) is 0 Å². The van der Waals surface area contributed by atoms with Crippen molar-refractivity contribution in [2.75, 3.05) is 56.9 Å². The molecule has 0 heterocycles. The Morgan fingerprint density at radius 3 is 0.342 bits per heavy atom. The second-order valence-electron chi connectivity index (χ2n) is 18.8. The molecule has 0 atom stereocenters. The molecule has 0 bridgehead atoms. The number of hydrogen-bond acceptors (Lipinski definition) is 40. The number of non-ortho nitro benzene ring substituents is 8. The Balaban J connectivity index is -0.000000624. The van der Waals surface area contributed by atoms with Crippen LogP contribution in [-0.2, 0) is 0 Å². The average molecular weight is 1690 g/mol. The van der Waals surface area contributed by atoms with Gasteiger partial charge >= 0.3 is 45.5 Å². The summed E-state index contributed by atoms with van der Waals surface area (Å²) in [7, 11) is -1.94. The molecule has 64 heteroatoms. The Kier molecular flexibility index (Phi) is 54.4. The van der Waals surface area contributed by atoms with Crippen LogP contribution in [0, 0.1) is 124 Å². The monoisotopic (exact) mass is 1690 g/mol. The van der Waals surface area contributed by atoms with Gasteiger partial charge in [0.25, 0.3) is 45.5 Å². The minimum atomic E-state index is -3.17. The third-order valence-corrected chi connectivity index (χ3v) is 11.9. The SMILES string of the molecule is COc1cc([N+](=O)[O-])ccc1[N+]#N.COc1cc([N+](=O)[O-])ccc1[N+]#N.COc1cc([N+](=O)[O-])ccc1[N+]#N.COc1cc([N+](=O)[O-])ccc1[N+]#N.COc1cc([N+](=O)[O-])ccc1[N+]#N.COc1cc([N+](=O)[O-])ccc1[N+]#N.COc1cc([N+](=O)[O-])ccc1[N+]#N.COc1cc([N+](=O)[O-])ccc1[N+]#N.[O-]B([O-])F.[O-]B([O-])F.[O-]B([O-])F.[O-]B([O-])F. The minimum absolute atomic E-state index is 0.107. The lowest BCUT2D eigenvalue weighted by Gasteiger charge is -2.09. The van der Waals surface area contributed by atoms with E-state index in [1.165, 1.54) is 202 Å². The number of rotatable bonds is 16. The van der Waals surface area contributed by atoms with Gasteiger partial charge in [-0.2, -0.15) is 0 Å². The molecule has 0 aromatic heterocycles. The summed E-state index contributed by atoms with van der Waals surface area (Å²) in [4.78, 5) is 101. The van der Waals surface area contributed by atoms with Crippen LogP contribution in [0.1, 0.15) is 0 Å². The van der Waals surface area contributed by atoms with Gasteiger partial charge < -0.3 is 95.3 Å². The number of benzene rings is 8. The van der Waals surface area contributed by atoms with Crippen LogP contribution in [-0.4, -0.2) is 126 Å². The topological polar surface area (TPSA) is 829 Å². The Morgan fingerprint density at radius 2 is 0.292 bits per heavy atom. The second kappa shape index (κ2) is 60.1. The van der Waals surface area contributed by atoms with Crippen molar-refractivity contribution < 1.29 is 135 Å². The summed E-state index contributed by atoms with van der Waals surface area (Å²) in [6, 6.07) is 29.8. The van der Waals surface area contributed by atoms with Gasteiger partial charge in [0.05, 0.1) is 145 Å². The standard InChI is InChI=1S/8C7H6N3O3.4BFO2/c8*1-13-7-4-5(10(11)12)2-3-6(7)9-8;4*2-1(3)4/h8*2-4H,1H3;;;;/q8*+1;4*-2. The fourth-order valence-corrected chi connectivity index (χ4v) is 6.90. The third kappa shape index (κ3) is 43.8. The van der Waals surface area contributed by atoms with Crippen LogP contribution in [0.15, 0.2) is 146 Å². The summed E-state index contributed by atoms with van der Waals surface area (Å²) < 4.78 is 77.7. The maximum atomic E-state index is 10.3. The molecule has 56 nitrogen and oxygen atoms in total. The minimum Gasteiger partial charge on any atom is -0.867 e. The van der Waals surface area contributed by atoms with Crippen molar-refractivity contribution in [2.45, 2.75) is 0 Å². The number of hydrogen-bond donors (Lipinski definition) is 0. The molecular formula is C56H48B4F4N24O32. The summed E-state index contributed by atoms with van der Waals surface area (Å²) in [6.07, 6.45) is 0. The van der Waals surface area contributed by atoms with Gasteiger partial charge in [-0.05, 0) is 0 Å². The molecule has 624 valence electrons. The third-order valence-electron chi connectivity index (χ3n) is 11.9. The summed E-state index contributed by atoms with van der Waals surface area (Å²) in [5.74, 6) is 1.31. The molecule has 0 fully saturated rings. The van der Waals surface area contributed by atoms with Gasteiger partial charge in [-0.15, -0.1) is 0 Å². The summed E-state index contributed by atoms with van der Waals surface area (Å²) in [5, 5.41) is 217. The van der Waals surface area contributed by atoms with Gasteiger partial charge in [-0.3, -0.25) is 80.9 Å². The predicted molar refractivity (Wildman–Crippen MR) is 383 cm³/mol. The van der Waals surface area contributed by atoms with Crippen LogP contribution < -0.4 is 78.1 Å². The summed E-state index contributed by atoms with van der Waals surface area (Å²) >= 11 is 0. The molecule has 120 heavy (non-hydrogen) atoms. The van der Waals surface area contributed by atoms with Crippen molar-refractivity contribution in [3.05, 3.63) is 266 Å². The first-order valence-corrected chi connectivity index (χ1v) is 29.7. The predicted octanol–water partition coefficient (Wildman–Crippen LogP) is 7.35. The highest BCUT2D eigenvalue weighted by Gasteiger charge is 2.26. The van der Waals surface area contributed by atoms with Crippen LogP contribution in [0.2, 0.25) is 0 Å². The van der Waals surface area contributed by atoms with Crippen LogP contribution >= 0.6 is 0 Å². The molecule has 8 rings (SSSR count). The lowest BCUT2D eigenvalue weighted by molar-refractivity contribution is -0.385. The smallest absolute Gasteiger partial charge is 0.426 e. The largest absolute Gasteiger partial charge is 0.867 e. The Morgan fingerprint density at radius 1 is 0.217 bits per heavy atom. The Hall–Kier alpha value is -17.6. The highest BCUT2D eigenvalue weighted by molar-refractivity contribution is 6.27. The fraction of sp³-hybridized carbons (Fsp3) is 0.143. The number of halogens is 4. The molecule has 0 aliphatic carbocycles. The molecule has 0 spiro atoms. The number of nitrogens with zero attached hydrogens (tertiary/aromatic N) is 24. The van der Waals surface area contributed by atoms with Crippen molar-refractivity contribution in [2.24, 2.45) is 0 Å². The molecule has 0 saturated carbocycles. The molecule has 8 aromatic rings. The molecular weight excluding hydrogens is 1640 g/mol. The van der Waals surface area contributed by atoms with Gasteiger partial charge in [0.1, 0.15) is 29.6 Å². The maximum Gasteiger partial charge on any atom is 0.426 e. The van der Waals surface area contributed by atoms with E-state index in [-0.39, 0.29) is 137 Å². The van der Waals surface area contributed by atoms with Crippen molar-refractivity contribution in [1.82, 2.24) is 0 Å². The lowest BCUT2D eigenvalue weighted by Crippen LogP contribution is -2.39. The molecule has 0 N–H and O–H groups in total. The van der Waals surface area contributed by atoms with E-state index in [1.54, 1.807) is 0 Å². The molecule has 0 saturated heterocycles. The molecule has 0 aliphatic rings. The highest BCUT2D eigenvalue weighted by atomic mass is 19.1. The van der Waals surface area contributed by atoms with Crippen molar-refractivity contribution in [1.29, 1.82) is 43.1 Å². The van der Waals surface area contributed by atoms with E-state index in [0.717, 1.165) is 0 Å². The molecule has 0 unspecified atom stereocenters. The van der Waals surface area contributed by atoms with Crippen molar-refractivity contribution in [3.63, 3.8) is 0 Å². The Bertz CT molecular complexity index is 4230. The van der Waals surface area contributed by atoms with E-state index in [4.69, 9.17) is 121 Å². The lowest BCUT2D eigenvalue weighted by atomic mass is 10.2. The number of nitro groups is 8. The maximum absolute atomic E-state index is 10.3. The van der Waals surface area contributed by atoms with E-state index in [2.05, 4.69) is 39.8 Å². The van der Waals surface area contributed by atoms with Crippen molar-refractivity contribution >= 4 is 121 Å². The normalized spacial score (nSPS) is 8.63. The van der Waals surface area contributed by atoms with Crippen molar-refractivity contribution in [3.8, 4) is 46.0 Å². The van der Waals surface area contributed by atoms with Crippen LogP contribution in [0.25, 0.3) is 39.8 Å². The van der Waals surface area contributed by atoms with E-state index in [0.29, 0.717) is 0 Å². The number of ether oxygens (including phenoxy) is 8. The first kappa shape index (κ1) is 109. The zero-order valence-electron chi connectivity index (χ0n) is 61.5. The summed E-state index contributed by atoms with van der Waals surface area (Å²) in [5.41, 5.74) is 0.425. The van der Waals surface area contributed by atoms with Gasteiger partial charge in [0.2, 0.25) is 89.1 Å². The zero-order chi connectivity index (χ0) is 93.1. The van der Waals surface area contributed by atoms with E-state index >= 15 is 0 Å². The second-order valence-corrected chi connectivity index (χ2v) is 18.8. The highest BCUT2D eigenvalue weighted by Crippen LogP contribution is 2.37. The number of methoxy groups -OCH3 is 8. The zero-order valence-corrected chi connectivity index (χ0v) is 61.5. The first-order valence-electron chi connectivity index (χ1n) is 29.7. The van der Waals surface area contributed by atoms with Crippen LogP contribution in [0.4, 0.5) is 108 Å². The van der Waals surface area contributed by atoms with Gasteiger partial charge in [0.15, 0.2) is 39.8 Å². The molecule has 8 aromatic carbocycles. The average Bonchev–Trinajstić information content (AvgIpc) is 0.918. The van der Waals surface area contributed by atoms with Gasteiger partial charge in [0, 0.05) is 97.1 Å². The van der Waals surface area contributed by atoms with E-state index in [9.17, 15) is 98.2 Å².